The average molecular weight is 2170 g/mol. The summed E-state index contributed by atoms with van der Waals surface area (Å²) in [6, 6.07) is 27.5. The Bertz CT molecular complexity index is 5860. The van der Waals surface area contributed by atoms with E-state index in [1.165, 1.54) is 65.6 Å². The molecule has 5 aromatic rings. The summed E-state index contributed by atoms with van der Waals surface area (Å²) in [5.74, 6) is -0.570. The molecule has 5 aromatic carbocycles. The number of rotatable bonds is 68. The summed E-state index contributed by atoms with van der Waals surface area (Å²) in [6.45, 7) is 21.4. The molecule has 0 fully saturated rings. The van der Waals surface area contributed by atoms with E-state index in [0.29, 0.717) is 183 Å². The molecule has 0 aromatic heterocycles. The van der Waals surface area contributed by atoms with Gasteiger partial charge < -0.3 is 92.5 Å². The fourth-order valence-electron chi connectivity index (χ4n) is 15.0. The monoisotopic (exact) mass is 2170 g/mol. The third-order valence-corrected chi connectivity index (χ3v) is 25.8. The number of benzene rings is 5. The molecule has 812 valence electrons. The van der Waals surface area contributed by atoms with E-state index in [4.69, 9.17) is 102 Å². The van der Waals surface area contributed by atoms with E-state index >= 15 is 0 Å². The zero-order valence-corrected chi connectivity index (χ0v) is 88.1. The zero-order valence-electron chi connectivity index (χ0n) is 83.2. The van der Waals surface area contributed by atoms with Crippen LogP contribution >= 0.6 is 0 Å². The molecular formula is C95H137N10O35S6+. The first-order valence-corrected chi connectivity index (χ1v) is 55.1. The van der Waals surface area contributed by atoms with Crippen LogP contribution in [0.5, 0.6) is 5.75 Å². The third-order valence-electron chi connectivity index (χ3n) is 22.3. The number of allylic oxidation sites excluding steroid dienone is 7. The highest BCUT2D eigenvalue weighted by Gasteiger charge is 2.46. The predicted octanol–water partition coefficient (Wildman–Crippen LogP) is 6.14. The second-order valence-electron chi connectivity index (χ2n) is 33.8. The van der Waals surface area contributed by atoms with Crippen molar-refractivity contribution in [2.24, 2.45) is 10.3 Å². The molecular weight excluding hydrogens is 2030 g/mol. The summed E-state index contributed by atoms with van der Waals surface area (Å²) >= 11 is 0. The number of fused-ring (bicyclic) bond motifs is 2. The SMILES string of the molecule is CCCCN1/C(=C/C=C2\CCCC(/C=C/C3=[N+](CCCC)c4ccc(S(=O)(=O)O)cc4C3(C)C)=C2Oc2ccc(CCNC(=O)CCOCCOCCOCCOCCOCCOCCOCCOCCOCCOCCOCCOCCNC(=O)CN(CCN(CC(=O)Nc3ccc(S(N)(=O)=O)cc3)C(=O)OC)CC(=O)Nc3ccc(S(N)(=O)=O)cc3)cc2)C(C)(C)c2cc(S(=O)(=O)O)ccc21.O=S(=O)=O.O=S(=O)=O. The van der Waals surface area contributed by atoms with Gasteiger partial charge in [-0.05, 0) is 171 Å². The molecule has 3 aliphatic rings. The van der Waals surface area contributed by atoms with Gasteiger partial charge in [-0.15, -0.1) is 25.3 Å². The molecule has 0 saturated heterocycles. The standard InChI is InChI=1S/C95H136N10O29S4.2O3S/c1-8-10-39-104-84-31-29-80(137(115,116)117)67-82(84)94(3,4)86(104)33-17-73-13-12-14-74(18-34-87-95(5,6)83-68-81(138(118,119)120)30-32-85(83)105(87)40-11-9-2)92(73)134-77-23-15-72(16-24-77)35-37-98-88(106)36-43-122-45-47-124-49-51-126-53-55-128-57-59-130-61-63-132-65-66-133-64-62-131-60-58-129-56-54-127-52-50-125-48-46-123-44-38-99-89(107)69-102(70-90(108)100-75-19-25-78(26-20-75)135(96,111)112)41-42-103(93(110)121-7)71-91(109)101-76-21-27-79(28-22-76)136(97,113)114;2*1-4(2)3/h15-34,67-68H,8-14,35-66,69-71H2,1-7H3,(H9-,96,97,98,99,100,101,106,107,108,109,111,112,113,114,115,116,117,118,119,120);;/p+1. The van der Waals surface area contributed by atoms with Crippen LogP contribution in [0.15, 0.2) is 176 Å². The average Bonchev–Trinajstić information content (AvgIpc) is 1.59. The summed E-state index contributed by atoms with van der Waals surface area (Å²) in [5.41, 5.74) is 7.46. The highest BCUT2D eigenvalue weighted by Crippen LogP contribution is 2.49. The molecule has 0 saturated carbocycles. The fraction of sp³-hybridized carbons (Fsp3) is 0.537. The Labute approximate surface area is 856 Å². The summed E-state index contributed by atoms with van der Waals surface area (Å²) in [7, 11) is -22.0. The molecule has 0 spiro atoms. The second kappa shape index (κ2) is 65.6. The molecule has 8 rings (SSSR count). The van der Waals surface area contributed by atoms with Crippen LogP contribution < -0.4 is 41.2 Å². The number of hydrogen-bond donors (Lipinski definition) is 8. The molecule has 51 heteroatoms. The van der Waals surface area contributed by atoms with Crippen molar-refractivity contribution in [3.63, 3.8) is 0 Å². The predicted molar refractivity (Wildman–Crippen MR) is 536 cm³/mol. The van der Waals surface area contributed by atoms with Gasteiger partial charge >= 0.3 is 27.3 Å². The van der Waals surface area contributed by atoms with E-state index in [1.54, 1.807) is 24.3 Å². The van der Waals surface area contributed by atoms with Crippen LogP contribution in [0.1, 0.15) is 110 Å². The lowest BCUT2D eigenvalue weighted by atomic mass is 9.81. The number of carbonyl (C=O) groups excluding carboxylic acids is 5. The molecule has 5 amide bonds. The van der Waals surface area contributed by atoms with Crippen molar-refractivity contribution in [1.82, 2.24) is 20.4 Å². The van der Waals surface area contributed by atoms with Crippen LogP contribution in [0, 0.1) is 0 Å². The summed E-state index contributed by atoms with van der Waals surface area (Å²) in [5, 5.41) is 21.2. The van der Waals surface area contributed by atoms with E-state index < -0.39 is 103 Å². The maximum absolute atomic E-state index is 13.2. The smallest absolute Gasteiger partial charge is 0.425 e. The minimum Gasteiger partial charge on any atom is -0.457 e. The lowest BCUT2D eigenvalue weighted by Crippen LogP contribution is -2.47. The van der Waals surface area contributed by atoms with Crippen LogP contribution in [0.25, 0.3) is 0 Å². The number of ether oxygens (including phenoxy) is 14. The van der Waals surface area contributed by atoms with Gasteiger partial charge in [0.05, 0.1) is 204 Å². The van der Waals surface area contributed by atoms with Gasteiger partial charge in [-0.2, -0.15) is 21.4 Å². The largest absolute Gasteiger partial charge is 0.457 e. The van der Waals surface area contributed by atoms with E-state index in [9.17, 15) is 66.7 Å². The second-order valence-corrected chi connectivity index (χ2v) is 40.6. The van der Waals surface area contributed by atoms with Gasteiger partial charge in [-0.1, -0.05) is 58.7 Å². The molecule has 146 heavy (non-hydrogen) atoms. The van der Waals surface area contributed by atoms with Crippen LogP contribution in [0.2, 0.25) is 0 Å². The highest BCUT2D eigenvalue weighted by atomic mass is 32.2. The Hall–Kier alpha value is -10.2. The molecule has 2 aliphatic heterocycles. The van der Waals surface area contributed by atoms with Gasteiger partial charge in [0.25, 0.3) is 20.2 Å². The molecule has 0 radical (unpaired) electrons. The van der Waals surface area contributed by atoms with Crippen molar-refractivity contribution in [2.45, 2.75) is 130 Å². The number of nitrogens with one attached hydrogen (secondary N) is 4. The number of amides is 5. The lowest BCUT2D eigenvalue weighted by molar-refractivity contribution is -0.438. The Morgan fingerprint density at radius 2 is 0.890 bits per heavy atom. The van der Waals surface area contributed by atoms with Crippen molar-refractivity contribution in [3.8, 4) is 5.75 Å². The van der Waals surface area contributed by atoms with Crippen LogP contribution in [0.4, 0.5) is 27.5 Å². The Balaban J connectivity index is 0.00000392. The van der Waals surface area contributed by atoms with Gasteiger partial charge in [0.2, 0.25) is 49.4 Å². The molecule has 1 aliphatic carbocycles. The minimum absolute atomic E-state index is 0.104. The molecule has 0 unspecified atom stereocenters. The first-order chi connectivity index (χ1) is 69.5. The number of sulfonamides is 2. The quantitative estimate of drug-likeness (QED) is 0.0123. The Morgan fingerprint density at radius 1 is 0.473 bits per heavy atom. The molecule has 10 N–H and O–H groups in total. The number of methoxy groups -OCH3 is 1. The minimum atomic E-state index is -4.45. The van der Waals surface area contributed by atoms with Gasteiger partial charge in [0.1, 0.15) is 24.6 Å². The summed E-state index contributed by atoms with van der Waals surface area (Å²) < 4.78 is 248. The maximum Gasteiger partial charge on any atom is 0.425 e. The number of hydrogen-bond acceptors (Lipinski definition) is 35. The number of nitrogens with zero attached hydrogens (tertiary/aromatic N) is 4. The Morgan fingerprint density at radius 3 is 1.34 bits per heavy atom. The topological polar surface area (TPSA) is 607 Å². The molecule has 45 nitrogen and oxygen atoms in total. The van der Waals surface area contributed by atoms with E-state index in [-0.39, 0.29) is 102 Å². The first kappa shape index (κ1) is 125. The highest BCUT2D eigenvalue weighted by molar-refractivity contribution is 7.89. The molecule has 0 atom stereocenters. The molecule has 0 bridgehead atoms. The summed E-state index contributed by atoms with van der Waals surface area (Å²) in [4.78, 5) is 68.9. The molecule has 2 heterocycles. The Kier molecular flexibility index (Phi) is 56.0. The van der Waals surface area contributed by atoms with E-state index in [2.05, 4.69) is 96.6 Å². The third kappa shape index (κ3) is 46.7. The zero-order chi connectivity index (χ0) is 107. The normalized spacial score (nSPS) is 14.4. The number of primary sulfonamides is 2. The van der Waals surface area contributed by atoms with E-state index in [0.717, 1.165) is 94.7 Å². The van der Waals surface area contributed by atoms with Gasteiger partial charge in [-0.25, -0.2) is 31.9 Å². The number of unbranched alkanes of at least 4 members (excludes halogenated alkanes) is 2. The summed E-state index contributed by atoms with van der Waals surface area (Å²) in [6.07, 6.45) is 14.3. The van der Waals surface area contributed by atoms with Crippen molar-refractivity contribution in [3.05, 3.63) is 173 Å². The van der Waals surface area contributed by atoms with Crippen molar-refractivity contribution in [2.75, 3.05) is 240 Å². The maximum atomic E-state index is 13.2. The van der Waals surface area contributed by atoms with Gasteiger partial charge in [-0.3, -0.25) is 38.1 Å². The van der Waals surface area contributed by atoms with Crippen molar-refractivity contribution >= 4 is 120 Å². The number of carbonyl (C=O) groups is 5. The first-order valence-electron chi connectivity index (χ1n) is 47.1. The van der Waals surface area contributed by atoms with Crippen molar-refractivity contribution < 1.29 is 163 Å². The fourth-order valence-corrected chi connectivity index (χ4v) is 17.1. The van der Waals surface area contributed by atoms with Crippen molar-refractivity contribution in [1.29, 1.82) is 0 Å². The number of nitrogens with two attached hydrogens (primary N) is 2. The lowest BCUT2D eigenvalue weighted by Gasteiger charge is -2.27. The van der Waals surface area contributed by atoms with Gasteiger partial charge in [0.15, 0.2) is 5.71 Å². The van der Waals surface area contributed by atoms with E-state index in [1.807, 2.05) is 24.3 Å². The van der Waals surface area contributed by atoms with Gasteiger partial charge in [0, 0.05) is 91.4 Å². The van der Waals surface area contributed by atoms with Crippen LogP contribution in [0.3, 0.4) is 0 Å². The number of anilines is 3. The van der Waals surface area contributed by atoms with Crippen LogP contribution in [-0.4, -0.2) is 342 Å². The van der Waals surface area contributed by atoms with Crippen LogP contribution in [-0.2, 0) is 160 Å².